The van der Waals surface area contributed by atoms with E-state index in [2.05, 4.69) is 9.98 Å². The molecule has 0 radical (unpaired) electrons. The molecule has 5 nitrogen and oxygen atoms in total. The molecule has 82 valence electrons. The monoisotopic (exact) mass is 226 g/mol. The molecule has 2 N–H and O–H groups in total. The summed E-state index contributed by atoms with van der Waals surface area (Å²) in [5.41, 5.74) is 5.86. The van der Waals surface area contributed by atoms with Gasteiger partial charge in [-0.15, -0.1) is 11.3 Å². The lowest BCUT2D eigenvalue weighted by Gasteiger charge is -2.27. The van der Waals surface area contributed by atoms with E-state index in [1.165, 1.54) is 0 Å². The maximum Gasteiger partial charge on any atom is 0.191 e. The van der Waals surface area contributed by atoms with Crippen molar-refractivity contribution in [3.8, 4) is 0 Å². The maximum absolute atomic E-state index is 5.86. The number of nitrogens with two attached hydrogens (primary N) is 1. The van der Waals surface area contributed by atoms with E-state index in [4.69, 9.17) is 10.5 Å². The summed E-state index contributed by atoms with van der Waals surface area (Å²) in [6.07, 6.45) is 1.78. The van der Waals surface area contributed by atoms with Crippen LogP contribution in [0.2, 0.25) is 0 Å². The van der Waals surface area contributed by atoms with Crippen molar-refractivity contribution in [2.24, 2.45) is 10.7 Å². The molecule has 0 amide bonds. The van der Waals surface area contributed by atoms with E-state index in [-0.39, 0.29) is 0 Å². The topological polar surface area (TPSA) is 63.7 Å². The average molecular weight is 226 g/mol. The van der Waals surface area contributed by atoms with Crippen LogP contribution in [-0.4, -0.2) is 42.1 Å². The van der Waals surface area contributed by atoms with Crippen molar-refractivity contribution in [1.29, 1.82) is 0 Å². The van der Waals surface area contributed by atoms with Crippen molar-refractivity contribution >= 4 is 17.3 Å². The highest BCUT2D eigenvalue weighted by molar-refractivity contribution is 7.09. The summed E-state index contributed by atoms with van der Waals surface area (Å²) in [4.78, 5) is 10.5. The molecule has 0 aromatic carbocycles. The van der Waals surface area contributed by atoms with Gasteiger partial charge >= 0.3 is 0 Å². The number of ether oxygens (including phenoxy) is 1. The number of guanidine groups is 1. The predicted octanol–water partition coefficient (Wildman–Crippen LogP) is 0.290. The fourth-order valence-corrected chi connectivity index (χ4v) is 1.91. The molecule has 6 heteroatoms. The van der Waals surface area contributed by atoms with Gasteiger partial charge in [0.15, 0.2) is 5.96 Å². The Morgan fingerprint density at radius 3 is 3.07 bits per heavy atom. The minimum Gasteiger partial charge on any atom is -0.378 e. The molecule has 1 aliphatic heterocycles. The lowest BCUT2D eigenvalue weighted by Crippen LogP contribution is -2.44. The molecule has 1 aromatic heterocycles. The highest BCUT2D eigenvalue weighted by atomic mass is 32.1. The normalized spacial score (nSPS) is 18.1. The van der Waals surface area contributed by atoms with Crippen LogP contribution in [-0.2, 0) is 11.3 Å². The molecule has 0 saturated carbocycles. The van der Waals surface area contributed by atoms with Crippen molar-refractivity contribution in [2.45, 2.75) is 6.54 Å². The van der Waals surface area contributed by atoms with Gasteiger partial charge in [-0.3, -0.25) is 0 Å². The summed E-state index contributed by atoms with van der Waals surface area (Å²) < 4.78 is 5.24. The molecule has 0 spiro atoms. The fourth-order valence-electron chi connectivity index (χ4n) is 1.37. The third-order valence-electron chi connectivity index (χ3n) is 2.19. The van der Waals surface area contributed by atoms with Crippen LogP contribution in [0.1, 0.15) is 5.01 Å². The minimum absolute atomic E-state index is 0.570. The van der Waals surface area contributed by atoms with Crippen molar-refractivity contribution in [1.82, 2.24) is 9.88 Å². The third kappa shape index (κ3) is 2.90. The number of hydrogen-bond acceptors (Lipinski definition) is 4. The zero-order valence-corrected chi connectivity index (χ0v) is 9.24. The number of hydrogen-bond donors (Lipinski definition) is 1. The van der Waals surface area contributed by atoms with Crippen molar-refractivity contribution in [3.05, 3.63) is 16.6 Å². The van der Waals surface area contributed by atoms with Crippen LogP contribution in [0.15, 0.2) is 16.6 Å². The van der Waals surface area contributed by atoms with Crippen LogP contribution in [0.5, 0.6) is 0 Å². The number of aromatic nitrogens is 1. The van der Waals surface area contributed by atoms with Gasteiger partial charge in [0.2, 0.25) is 0 Å². The standard InChI is InChI=1S/C9H14N4OS/c10-9(13-2-4-14-5-3-13)12-7-8-11-1-6-15-8/h1,6H,2-5,7H2,(H2,10,12). The van der Waals surface area contributed by atoms with Crippen LogP contribution < -0.4 is 5.73 Å². The third-order valence-corrected chi connectivity index (χ3v) is 2.96. The summed E-state index contributed by atoms with van der Waals surface area (Å²) in [6, 6.07) is 0. The van der Waals surface area contributed by atoms with Crippen LogP contribution in [0.3, 0.4) is 0 Å². The van der Waals surface area contributed by atoms with Crippen molar-refractivity contribution < 1.29 is 4.74 Å². The Morgan fingerprint density at radius 2 is 2.40 bits per heavy atom. The molecule has 1 fully saturated rings. The first kappa shape index (κ1) is 10.4. The SMILES string of the molecule is NC(=NCc1nccs1)N1CCOCC1. The minimum atomic E-state index is 0.570. The van der Waals surface area contributed by atoms with Crippen LogP contribution in [0.25, 0.3) is 0 Å². The average Bonchev–Trinajstić information content (AvgIpc) is 2.80. The zero-order valence-electron chi connectivity index (χ0n) is 8.43. The Kier molecular flexibility index (Phi) is 3.52. The zero-order chi connectivity index (χ0) is 10.5. The van der Waals surface area contributed by atoms with Crippen LogP contribution in [0, 0.1) is 0 Å². The first-order valence-corrected chi connectivity index (χ1v) is 5.75. The molecule has 0 bridgehead atoms. The Morgan fingerprint density at radius 1 is 1.60 bits per heavy atom. The Balaban J connectivity index is 1.88. The van der Waals surface area contributed by atoms with E-state index < -0.39 is 0 Å². The largest absolute Gasteiger partial charge is 0.378 e. The Hall–Kier alpha value is -1.14. The second-order valence-electron chi connectivity index (χ2n) is 3.20. The molecular formula is C9H14N4OS. The summed E-state index contributed by atoms with van der Waals surface area (Å²) in [7, 11) is 0. The molecule has 1 aromatic rings. The molecular weight excluding hydrogens is 212 g/mol. The van der Waals surface area contributed by atoms with Gasteiger partial charge in [-0.2, -0.15) is 0 Å². The second-order valence-corrected chi connectivity index (χ2v) is 4.18. The molecule has 15 heavy (non-hydrogen) atoms. The lowest BCUT2D eigenvalue weighted by atomic mass is 10.4. The summed E-state index contributed by atoms with van der Waals surface area (Å²) in [6.45, 7) is 3.68. The highest BCUT2D eigenvalue weighted by Crippen LogP contribution is 2.05. The smallest absolute Gasteiger partial charge is 0.191 e. The van der Waals surface area contributed by atoms with Crippen molar-refractivity contribution in [2.75, 3.05) is 26.3 Å². The van der Waals surface area contributed by atoms with Gasteiger partial charge in [-0.25, -0.2) is 9.98 Å². The van der Waals surface area contributed by atoms with E-state index in [1.807, 2.05) is 10.3 Å². The first-order valence-electron chi connectivity index (χ1n) is 4.87. The van der Waals surface area contributed by atoms with Gasteiger partial charge in [0.25, 0.3) is 0 Å². The van der Waals surface area contributed by atoms with E-state index in [0.29, 0.717) is 12.5 Å². The van der Waals surface area contributed by atoms with Gasteiger partial charge in [-0.1, -0.05) is 0 Å². The predicted molar refractivity (Wildman–Crippen MR) is 59.8 cm³/mol. The molecule has 1 aliphatic rings. The molecule has 2 rings (SSSR count). The van der Waals surface area contributed by atoms with E-state index in [0.717, 1.165) is 31.3 Å². The van der Waals surface area contributed by atoms with E-state index in [9.17, 15) is 0 Å². The number of rotatable bonds is 2. The van der Waals surface area contributed by atoms with Crippen LogP contribution >= 0.6 is 11.3 Å². The molecule has 1 saturated heterocycles. The molecule has 0 unspecified atom stereocenters. The number of thiazole rings is 1. The van der Waals surface area contributed by atoms with Gasteiger partial charge in [0.05, 0.1) is 19.8 Å². The number of aliphatic imine (C=N–C) groups is 1. The highest BCUT2D eigenvalue weighted by Gasteiger charge is 2.11. The summed E-state index contributed by atoms with van der Waals surface area (Å²) in [5.74, 6) is 0.591. The Bertz CT molecular complexity index is 319. The van der Waals surface area contributed by atoms with Crippen molar-refractivity contribution in [3.63, 3.8) is 0 Å². The quantitative estimate of drug-likeness (QED) is 0.581. The Labute approximate surface area is 92.6 Å². The number of nitrogens with zero attached hydrogens (tertiary/aromatic N) is 3. The molecule has 0 aliphatic carbocycles. The summed E-state index contributed by atoms with van der Waals surface area (Å²) >= 11 is 1.59. The van der Waals surface area contributed by atoms with Crippen LogP contribution in [0.4, 0.5) is 0 Å². The fraction of sp³-hybridized carbons (Fsp3) is 0.556. The van der Waals surface area contributed by atoms with E-state index >= 15 is 0 Å². The number of morpholine rings is 1. The van der Waals surface area contributed by atoms with Gasteiger partial charge in [0, 0.05) is 24.7 Å². The molecule has 0 atom stereocenters. The van der Waals surface area contributed by atoms with Gasteiger partial charge in [-0.05, 0) is 0 Å². The lowest BCUT2D eigenvalue weighted by molar-refractivity contribution is 0.0674. The van der Waals surface area contributed by atoms with E-state index in [1.54, 1.807) is 17.5 Å². The summed E-state index contributed by atoms with van der Waals surface area (Å²) in [5, 5.41) is 2.93. The second kappa shape index (κ2) is 5.09. The van der Waals surface area contributed by atoms with Gasteiger partial charge in [0.1, 0.15) is 5.01 Å². The van der Waals surface area contributed by atoms with Gasteiger partial charge < -0.3 is 15.4 Å². The maximum atomic E-state index is 5.86. The first-order chi connectivity index (χ1) is 7.36. The molecule has 2 heterocycles.